The molecule has 1 atom stereocenters. The molecule has 2 N–H and O–H groups in total. The van der Waals surface area contributed by atoms with Gasteiger partial charge in [0.25, 0.3) is 5.91 Å². The summed E-state index contributed by atoms with van der Waals surface area (Å²) in [4.78, 5) is 29.4. The number of carbonyl (C=O) groups is 2. The fraction of sp³-hybridized carbons (Fsp3) is 0.417. The van der Waals surface area contributed by atoms with Crippen LogP contribution in [-0.4, -0.2) is 32.5 Å². The lowest BCUT2D eigenvalue weighted by Gasteiger charge is -2.25. The number of rotatable bonds is 6. The second-order valence-electron chi connectivity index (χ2n) is 8.31. The Bertz CT molecular complexity index is 1090. The van der Waals surface area contributed by atoms with Crippen LogP contribution in [0.4, 0.5) is 5.69 Å². The number of aryl methyl sites for hydroxylation is 2. The first-order valence-corrected chi connectivity index (χ1v) is 11.0. The van der Waals surface area contributed by atoms with Gasteiger partial charge in [0, 0.05) is 31.6 Å². The molecular weight excluding hydrogens is 390 g/mol. The number of pyridine rings is 1. The number of carbonyl (C=O) groups excluding carboxylic acids is 2. The minimum atomic E-state index is -0.180. The van der Waals surface area contributed by atoms with Crippen molar-refractivity contribution in [3.63, 3.8) is 0 Å². The molecule has 1 saturated carbocycles. The molecule has 3 aromatic rings. The van der Waals surface area contributed by atoms with Gasteiger partial charge in [-0.1, -0.05) is 29.8 Å². The molecule has 1 amide bonds. The number of anilines is 1. The third-order valence-electron chi connectivity index (χ3n) is 6.03. The number of fused-ring (bicyclic) bond motifs is 1. The maximum Gasteiger partial charge on any atom is 0.255 e. The molecule has 0 saturated heterocycles. The minimum absolute atomic E-state index is 0.137. The van der Waals surface area contributed by atoms with Crippen LogP contribution in [0, 0.1) is 6.92 Å². The maximum absolute atomic E-state index is 13.3. The Kier molecular flexibility index (Phi) is 6.02. The Morgan fingerprint density at radius 2 is 1.90 bits per heavy atom. The van der Waals surface area contributed by atoms with Crippen molar-refractivity contribution in [2.24, 2.45) is 0 Å². The van der Waals surface area contributed by atoms with E-state index in [1.165, 1.54) is 5.56 Å². The summed E-state index contributed by atoms with van der Waals surface area (Å²) in [5.41, 5.74) is 4.23. The number of Topliss-reactive ketones (excluding diaryl/α,β-unsaturated/α-hetero) is 1. The highest BCUT2D eigenvalue weighted by Crippen LogP contribution is 2.30. The van der Waals surface area contributed by atoms with Crippen molar-refractivity contribution >= 4 is 28.4 Å². The highest BCUT2D eigenvalue weighted by molar-refractivity contribution is 6.06. The summed E-state index contributed by atoms with van der Waals surface area (Å²) in [6.45, 7) is 6.73. The lowest BCUT2D eigenvalue weighted by molar-refractivity contribution is -0.120. The summed E-state index contributed by atoms with van der Waals surface area (Å²) >= 11 is 0. The van der Waals surface area contributed by atoms with E-state index >= 15 is 0 Å². The number of hydrogen-bond donors (Lipinski definition) is 2. The summed E-state index contributed by atoms with van der Waals surface area (Å²) in [7, 11) is 0. The topological polar surface area (TPSA) is 88.9 Å². The van der Waals surface area contributed by atoms with Gasteiger partial charge in [-0.3, -0.25) is 9.59 Å². The zero-order valence-electron chi connectivity index (χ0n) is 18.3. The van der Waals surface area contributed by atoms with E-state index < -0.39 is 0 Å². The van der Waals surface area contributed by atoms with E-state index in [2.05, 4.69) is 20.7 Å². The number of aromatic nitrogens is 3. The SMILES string of the molecule is CCn1ncc2c(NC3CCC(=O)CC3)c(C(=O)N[C@H](C)c3ccc(C)cc3)cnc21. The summed E-state index contributed by atoms with van der Waals surface area (Å²) in [5, 5.41) is 11.9. The number of hydrogen-bond acceptors (Lipinski definition) is 5. The van der Waals surface area contributed by atoms with Crippen LogP contribution in [0.3, 0.4) is 0 Å². The van der Waals surface area contributed by atoms with Gasteiger partial charge in [-0.2, -0.15) is 5.10 Å². The van der Waals surface area contributed by atoms with Crippen LogP contribution in [0.5, 0.6) is 0 Å². The molecule has 1 aromatic carbocycles. The van der Waals surface area contributed by atoms with Gasteiger partial charge in [-0.25, -0.2) is 9.67 Å². The summed E-state index contributed by atoms with van der Waals surface area (Å²) in [5.74, 6) is 0.128. The molecule has 2 heterocycles. The first-order valence-electron chi connectivity index (χ1n) is 11.0. The molecule has 4 rings (SSSR count). The lowest BCUT2D eigenvalue weighted by Crippen LogP contribution is -2.30. The van der Waals surface area contributed by atoms with Crippen molar-refractivity contribution in [1.29, 1.82) is 0 Å². The Morgan fingerprint density at radius 1 is 1.19 bits per heavy atom. The standard InChI is InChI=1S/C24H29N5O2/c1-4-29-23-20(14-26-29)22(28-18-9-11-19(30)12-10-18)21(13-25-23)24(31)27-16(3)17-7-5-15(2)6-8-17/h5-8,13-14,16,18H,4,9-12H2,1-3H3,(H,25,28)(H,27,31)/t16-/m1/s1. The molecule has 2 aromatic heterocycles. The third-order valence-corrected chi connectivity index (χ3v) is 6.03. The average Bonchev–Trinajstić information content (AvgIpc) is 3.19. The van der Waals surface area contributed by atoms with E-state index in [1.54, 1.807) is 12.4 Å². The number of benzene rings is 1. The van der Waals surface area contributed by atoms with E-state index in [1.807, 2.05) is 49.7 Å². The van der Waals surface area contributed by atoms with E-state index in [9.17, 15) is 9.59 Å². The van der Waals surface area contributed by atoms with Crippen LogP contribution >= 0.6 is 0 Å². The zero-order chi connectivity index (χ0) is 22.0. The molecule has 0 radical (unpaired) electrons. The second kappa shape index (κ2) is 8.88. The molecule has 7 heteroatoms. The number of nitrogens with one attached hydrogen (secondary N) is 2. The molecule has 0 unspecified atom stereocenters. The zero-order valence-corrected chi connectivity index (χ0v) is 18.3. The van der Waals surface area contributed by atoms with Crippen molar-refractivity contribution < 1.29 is 9.59 Å². The number of nitrogens with zero attached hydrogens (tertiary/aromatic N) is 3. The van der Waals surface area contributed by atoms with Crippen LogP contribution in [0.25, 0.3) is 11.0 Å². The van der Waals surface area contributed by atoms with E-state index in [-0.39, 0.29) is 18.0 Å². The largest absolute Gasteiger partial charge is 0.381 e. The van der Waals surface area contributed by atoms with Crippen molar-refractivity contribution in [2.75, 3.05) is 5.32 Å². The molecule has 31 heavy (non-hydrogen) atoms. The summed E-state index contributed by atoms with van der Waals surface area (Å²) in [6, 6.07) is 8.16. The molecule has 0 spiro atoms. The van der Waals surface area contributed by atoms with Crippen LogP contribution in [-0.2, 0) is 11.3 Å². The summed E-state index contributed by atoms with van der Waals surface area (Å²) < 4.78 is 1.82. The van der Waals surface area contributed by atoms with Crippen LogP contribution in [0.15, 0.2) is 36.7 Å². The first-order chi connectivity index (χ1) is 15.0. The van der Waals surface area contributed by atoms with E-state index in [0.717, 1.165) is 35.1 Å². The molecule has 1 fully saturated rings. The quantitative estimate of drug-likeness (QED) is 0.626. The van der Waals surface area contributed by atoms with Crippen molar-refractivity contribution in [1.82, 2.24) is 20.1 Å². The molecular formula is C24H29N5O2. The Balaban J connectivity index is 1.64. The van der Waals surface area contributed by atoms with Gasteiger partial charge < -0.3 is 10.6 Å². The smallest absolute Gasteiger partial charge is 0.255 e. The number of ketones is 1. The van der Waals surface area contributed by atoms with Gasteiger partial charge in [-0.15, -0.1) is 0 Å². The Hall–Kier alpha value is -3.22. The van der Waals surface area contributed by atoms with Crippen LogP contribution < -0.4 is 10.6 Å². The predicted octanol–water partition coefficient (Wildman–Crippen LogP) is 4.17. The van der Waals surface area contributed by atoms with Crippen LogP contribution in [0.2, 0.25) is 0 Å². The molecule has 1 aliphatic carbocycles. The average molecular weight is 420 g/mol. The van der Waals surface area contributed by atoms with Gasteiger partial charge in [-0.05, 0) is 39.2 Å². The van der Waals surface area contributed by atoms with E-state index in [4.69, 9.17) is 0 Å². The maximum atomic E-state index is 13.3. The third kappa shape index (κ3) is 4.45. The van der Waals surface area contributed by atoms with Crippen molar-refractivity contribution in [3.8, 4) is 0 Å². The molecule has 7 nitrogen and oxygen atoms in total. The van der Waals surface area contributed by atoms with Crippen molar-refractivity contribution in [2.45, 2.75) is 65.1 Å². The monoisotopic (exact) mass is 419 g/mol. The first kappa shape index (κ1) is 21.0. The van der Waals surface area contributed by atoms with E-state index in [0.29, 0.717) is 30.7 Å². The number of amides is 1. The highest BCUT2D eigenvalue weighted by Gasteiger charge is 2.24. The molecule has 0 aliphatic heterocycles. The predicted molar refractivity (Wildman–Crippen MR) is 121 cm³/mol. The van der Waals surface area contributed by atoms with Crippen molar-refractivity contribution in [3.05, 3.63) is 53.3 Å². The van der Waals surface area contributed by atoms with Gasteiger partial charge in [0.1, 0.15) is 5.78 Å². The summed E-state index contributed by atoms with van der Waals surface area (Å²) in [6.07, 6.45) is 6.08. The lowest BCUT2D eigenvalue weighted by atomic mass is 9.94. The normalized spacial score (nSPS) is 15.8. The van der Waals surface area contributed by atoms with Gasteiger partial charge in [0.05, 0.1) is 28.9 Å². The van der Waals surface area contributed by atoms with Gasteiger partial charge in [0.15, 0.2) is 5.65 Å². The molecule has 1 aliphatic rings. The minimum Gasteiger partial charge on any atom is -0.381 e. The van der Waals surface area contributed by atoms with Gasteiger partial charge >= 0.3 is 0 Å². The van der Waals surface area contributed by atoms with Gasteiger partial charge in [0.2, 0.25) is 0 Å². The van der Waals surface area contributed by atoms with Crippen LogP contribution in [0.1, 0.15) is 67.1 Å². The Morgan fingerprint density at radius 3 is 2.58 bits per heavy atom. The molecule has 0 bridgehead atoms. The molecule has 162 valence electrons. The fourth-order valence-corrected chi connectivity index (χ4v) is 4.09. The fourth-order valence-electron chi connectivity index (χ4n) is 4.09. The highest BCUT2D eigenvalue weighted by atomic mass is 16.1. The Labute approximate surface area is 182 Å². The second-order valence-corrected chi connectivity index (χ2v) is 8.31.